The molecule has 0 bridgehead atoms. The summed E-state index contributed by atoms with van der Waals surface area (Å²) in [6.07, 6.45) is 5.37. The quantitative estimate of drug-likeness (QED) is 0.396. The van der Waals surface area contributed by atoms with Crippen LogP contribution in [0, 0.1) is 24.2 Å². The number of nitrogens with zero attached hydrogens (tertiary/aromatic N) is 6. The van der Waals surface area contributed by atoms with E-state index in [0.29, 0.717) is 24.7 Å². The number of nitriles is 1. The molecule has 0 saturated carbocycles. The summed E-state index contributed by atoms with van der Waals surface area (Å²) in [4.78, 5) is 20.2. The summed E-state index contributed by atoms with van der Waals surface area (Å²) in [6.45, 7) is 6.21. The monoisotopic (exact) mass is 392 g/mol. The van der Waals surface area contributed by atoms with Crippen LogP contribution in [0.5, 0.6) is 0 Å². The van der Waals surface area contributed by atoms with Crippen molar-refractivity contribution in [3.05, 3.63) is 48.2 Å². The molecule has 1 unspecified atom stereocenters. The minimum Gasteiger partial charge on any atom is -0.352 e. The fourth-order valence-corrected chi connectivity index (χ4v) is 3.68. The minimum atomic E-state index is -0.312. The number of aryl methyl sites for hydroxylation is 1. The first kappa shape index (κ1) is 18.7. The molecule has 3 heterocycles. The number of halogens is 1. The highest BCUT2D eigenvalue weighted by molar-refractivity contribution is 5.95. The molecular formula is C20H21FN8. The number of aliphatic imine (C=N–C) groups is 1. The van der Waals surface area contributed by atoms with E-state index < -0.39 is 0 Å². The van der Waals surface area contributed by atoms with Crippen LogP contribution in [0.3, 0.4) is 0 Å². The Kier molecular flexibility index (Phi) is 4.99. The lowest BCUT2D eigenvalue weighted by molar-refractivity contribution is 0.297. The molecule has 1 aliphatic heterocycles. The Morgan fingerprint density at radius 2 is 2.10 bits per heavy atom. The van der Waals surface area contributed by atoms with Gasteiger partial charge in [-0.1, -0.05) is 0 Å². The van der Waals surface area contributed by atoms with Gasteiger partial charge in [0.05, 0.1) is 5.39 Å². The van der Waals surface area contributed by atoms with Crippen LogP contribution in [-0.2, 0) is 0 Å². The summed E-state index contributed by atoms with van der Waals surface area (Å²) in [5.41, 5.74) is 2.61. The van der Waals surface area contributed by atoms with Gasteiger partial charge in [-0.05, 0) is 43.7 Å². The number of hydrogen-bond acceptors (Lipinski definition) is 5. The predicted octanol–water partition coefficient (Wildman–Crippen LogP) is 2.87. The fourth-order valence-electron chi connectivity index (χ4n) is 3.68. The van der Waals surface area contributed by atoms with Crippen molar-refractivity contribution in [1.29, 1.82) is 5.26 Å². The van der Waals surface area contributed by atoms with Gasteiger partial charge in [-0.2, -0.15) is 5.26 Å². The van der Waals surface area contributed by atoms with Crippen LogP contribution in [0.4, 0.5) is 15.9 Å². The highest BCUT2D eigenvalue weighted by Gasteiger charge is 2.28. The molecule has 9 heteroatoms. The highest BCUT2D eigenvalue weighted by atomic mass is 19.1. The van der Waals surface area contributed by atoms with Gasteiger partial charge in [0.25, 0.3) is 0 Å². The van der Waals surface area contributed by atoms with Gasteiger partial charge in [0.1, 0.15) is 23.6 Å². The van der Waals surface area contributed by atoms with Crippen molar-refractivity contribution in [2.45, 2.75) is 19.9 Å². The molecule has 3 aromatic rings. The summed E-state index contributed by atoms with van der Waals surface area (Å²) in [5, 5.41) is 13.3. The first-order valence-corrected chi connectivity index (χ1v) is 9.36. The van der Waals surface area contributed by atoms with E-state index in [0.717, 1.165) is 29.0 Å². The predicted molar refractivity (Wildman–Crippen MR) is 110 cm³/mol. The Labute approximate surface area is 167 Å². The van der Waals surface area contributed by atoms with Crippen molar-refractivity contribution in [3.63, 3.8) is 0 Å². The Morgan fingerprint density at radius 1 is 1.31 bits per heavy atom. The van der Waals surface area contributed by atoms with Gasteiger partial charge in [0.2, 0.25) is 12.2 Å². The normalized spacial score (nSPS) is 17.4. The number of fused-ring (bicyclic) bond motifs is 1. The highest BCUT2D eigenvalue weighted by Crippen LogP contribution is 2.27. The minimum absolute atomic E-state index is 0.0769. The van der Waals surface area contributed by atoms with E-state index in [9.17, 15) is 4.39 Å². The lowest BCUT2D eigenvalue weighted by Crippen LogP contribution is -2.56. The number of aromatic nitrogens is 3. The smallest absolute Gasteiger partial charge is 0.214 e. The Bertz CT molecular complexity index is 1080. The molecule has 4 rings (SSSR count). The third-order valence-electron chi connectivity index (χ3n) is 5.10. The molecule has 1 atom stereocenters. The Hall–Kier alpha value is -3.67. The standard InChI is InChI=1S/C20H21FN8/c1-13-9-23-18-17(13)19(26-12-25-18)28-7-8-29(14(2)10-28)20(24-11-22)27-16-5-3-15(21)4-6-16/h3-6,9,12,14H,7-8,10H2,1-2H3,(H,24,27)(H,23,25,26). The van der Waals surface area contributed by atoms with E-state index in [1.54, 1.807) is 18.5 Å². The molecule has 0 radical (unpaired) electrons. The van der Waals surface area contributed by atoms with Gasteiger partial charge < -0.3 is 20.1 Å². The number of anilines is 2. The molecule has 29 heavy (non-hydrogen) atoms. The van der Waals surface area contributed by atoms with Crippen LogP contribution < -0.4 is 10.2 Å². The van der Waals surface area contributed by atoms with E-state index in [1.165, 1.54) is 12.1 Å². The van der Waals surface area contributed by atoms with Gasteiger partial charge in [0, 0.05) is 37.6 Å². The zero-order valence-electron chi connectivity index (χ0n) is 16.2. The summed E-state index contributed by atoms with van der Waals surface area (Å²) in [6, 6.07) is 6.05. The van der Waals surface area contributed by atoms with Crippen molar-refractivity contribution in [3.8, 4) is 6.19 Å². The summed E-state index contributed by atoms with van der Waals surface area (Å²) in [7, 11) is 0. The summed E-state index contributed by atoms with van der Waals surface area (Å²) >= 11 is 0. The molecule has 2 N–H and O–H groups in total. The second-order valence-corrected chi connectivity index (χ2v) is 7.05. The third kappa shape index (κ3) is 3.69. The summed E-state index contributed by atoms with van der Waals surface area (Å²) < 4.78 is 13.2. The number of benzene rings is 1. The maximum atomic E-state index is 13.2. The van der Waals surface area contributed by atoms with Crippen molar-refractivity contribution in [1.82, 2.24) is 19.9 Å². The van der Waals surface area contributed by atoms with Crippen LogP contribution in [-0.4, -0.2) is 51.5 Å². The molecule has 0 aliphatic carbocycles. The number of H-pyrrole nitrogens is 1. The lowest BCUT2D eigenvalue weighted by Gasteiger charge is -2.41. The molecule has 1 aliphatic rings. The number of aromatic amines is 1. The number of piperazine rings is 1. The average molecular weight is 392 g/mol. The van der Waals surface area contributed by atoms with E-state index in [-0.39, 0.29) is 11.9 Å². The maximum absolute atomic E-state index is 13.2. The topological polar surface area (TPSA) is 96.2 Å². The molecule has 148 valence electrons. The molecule has 8 nitrogen and oxygen atoms in total. The van der Waals surface area contributed by atoms with Gasteiger partial charge in [-0.3, -0.25) is 0 Å². The fraction of sp³-hybridized carbons (Fsp3) is 0.300. The Balaban J connectivity index is 1.54. The van der Waals surface area contributed by atoms with Gasteiger partial charge >= 0.3 is 0 Å². The van der Waals surface area contributed by atoms with E-state index in [1.807, 2.05) is 24.2 Å². The number of nitrogens with one attached hydrogen (secondary N) is 2. The first-order valence-electron chi connectivity index (χ1n) is 9.36. The van der Waals surface area contributed by atoms with Gasteiger partial charge in [-0.25, -0.2) is 14.4 Å². The lowest BCUT2D eigenvalue weighted by atomic mass is 10.1. The van der Waals surface area contributed by atoms with Crippen molar-refractivity contribution < 1.29 is 4.39 Å². The molecule has 1 fully saturated rings. The largest absolute Gasteiger partial charge is 0.352 e. The molecule has 0 amide bonds. The molecule has 1 saturated heterocycles. The van der Waals surface area contributed by atoms with Crippen molar-refractivity contribution in [2.24, 2.45) is 4.99 Å². The van der Waals surface area contributed by atoms with Crippen LogP contribution in [0.2, 0.25) is 0 Å². The van der Waals surface area contributed by atoms with Crippen molar-refractivity contribution >= 4 is 28.5 Å². The number of guanidine groups is 1. The molecule has 2 aromatic heterocycles. The van der Waals surface area contributed by atoms with E-state index in [4.69, 9.17) is 5.26 Å². The summed E-state index contributed by atoms with van der Waals surface area (Å²) in [5.74, 6) is 1.05. The maximum Gasteiger partial charge on any atom is 0.214 e. The zero-order chi connectivity index (χ0) is 20.4. The second kappa shape index (κ2) is 7.75. The van der Waals surface area contributed by atoms with Crippen LogP contribution >= 0.6 is 0 Å². The van der Waals surface area contributed by atoms with Crippen LogP contribution in [0.1, 0.15) is 12.5 Å². The van der Waals surface area contributed by atoms with Crippen LogP contribution in [0.25, 0.3) is 11.0 Å². The first-order chi connectivity index (χ1) is 14.1. The zero-order valence-corrected chi connectivity index (χ0v) is 16.2. The van der Waals surface area contributed by atoms with Gasteiger partial charge in [-0.15, -0.1) is 4.99 Å². The molecule has 0 spiro atoms. The molecular weight excluding hydrogens is 371 g/mol. The van der Waals surface area contributed by atoms with E-state index >= 15 is 0 Å². The van der Waals surface area contributed by atoms with Gasteiger partial charge in [0.15, 0.2) is 0 Å². The Morgan fingerprint density at radius 3 is 2.83 bits per heavy atom. The number of rotatable bonds is 2. The van der Waals surface area contributed by atoms with E-state index in [2.05, 4.69) is 37.1 Å². The van der Waals surface area contributed by atoms with Crippen molar-refractivity contribution in [2.75, 3.05) is 29.9 Å². The average Bonchev–Trinajstić information content (AvgIpc) is 3.10. The molecule has 1 aromatic carbocycles. The third-order valence-corrected chi connectivity index (χ3v) is 5.10. The number of hydrogen-bond donors (Lipinski definition) is 2. The SMILES string of the molecule is Cc1c[nH]c2ncnc(N3CCN(C(=NC#N)Nc4ccc(F)cc4)C(C)C3)c12. The second-order valence-electron chi connectivity index (χ2n) is 7.05. The van der Waals surface area contributed by atoms with Crippen LogP contribution in [0.15, 0.2) is 41.8 Å².